The minimum absolute atomic E-state index is 0.225. The van der Waals surface area contributed by atoms with Gasteiger partial charge in [0, 0.05) is 0 Å². The van der Waals surface area contributed by atoms with Gasteiger partial charge in [0.05, 0.1) is 18.8 Å². The van der Waals surface area contributed by atoms with Crippen molar-refractivity contribution in [2.45, 2.75) is 293 Å². The molecule has 1 saturated carbocycles. The van der Waals surface area contributed by atoms with E-state index in [1.165, 1.54) is 154 Å². The molecular formula is C48H96NO12P. The number of unbranched alkanes of at least 4 members (excludes halogenated alkanes) is 31. The number of rotatable bonds is 43. The molecule has 9 N–H and O–H groups in total. The summed E-state index contributed by atoms with van der Waals surface area (Å²) in [4.78, 5) is 23.5. The van der Waals surface area contributed by atoms with E-state index in [1.807, 2.05) is 0 Å². The predicted molar refractivity (Wildman–Crippen MR) is 248 cm³/mol. The fourth-order valence-electron chi connectivity index (χ4n) is 8.50. The molecule has 1 aliphatic rings. The molecule has 13 nitrogen and oxygen atoms in total. The lowest BCUT2D eigenvalue weighted by Crippen LogP contribution is -2.64. The second-order valence-electron chi connectivity index (χ2n) is 18.5. The highest BCUT2D eigenvalue weighted by atomic mass is 31.2. The van der Waals surface area contributed by atoms with Crippen LogP contribution < -0.4 is 5.32 Å². The lowest BCUT2D eigenvalue weighted by Gasteiger charge is -2.41. The third kappa shape index (κ3) is 29.0. The highest BCUT2D eigenvalue weighted by Crippen LogP contribution is 2.47. The second kappa shape index (κ2) is 38.4. The molecule has 0 aromatic carbocycles. The van der Waals surface area contributed by atoms with Gasteiger partial charge in [-0.15, -0.1) is 0 Å². The zero-order valence-corrected chi connectivity index (χ0v) is 40.2. The van der Waals surface area contributed by atoms with Gasteiger partial charge >= 0.3 is 7.82 Å². The van der Waals surface area contributed by atoms with Crippen LogP contribution in [0.5, 0.6) is 0 Å². The summed E-state index contributed by atoms with van der Waals surface area (Å²) < 4.78 is 22.9. The minimum Gasteiger partial charge on any atom is -0.391 e. The molecule has 14 heteroatoms. The molecule has 0 heterocycles. The van der Waals surface area contributed by atoms with Gasteiger partial charge in [-0.3, -0.25) is 13.8 Å². The summed E-state index contributed by atoms with van der Waals surface area (Å²) in [5, 5.41) is 74.7. The van der Waals surface area contributed by atoms with Gasteiger partial charge in [0.15, 0.2) is 0 Å². The summed E-state index contributed by atoms with van der Waals surface area (Å²) in [6, 6.07) is -1.20. The van der Waals surface area contributed by atoms with Crippen LogP contribution in [0.15, 0.2) is 0 Å². The molecule has 1 aliphatic carbocycles. The average Bonchev–Trinajstić information content (AvgIpc) is 3.25. The number of hydrogen-bond acceptors (Lipinski definition) is 11. The first-order valence-electron chi connectivity index (χ1n) is 25.6. The van der Waals surface area contributed by atoms with Crippen molar-refractivity contribution < 1.29 is 59.0 Å². The molecule has 0 bridgehead atoms. The third-order valence-corrected chi connectivity index (χ3v) is 13.8. The summed E-state index contributed by atoms with van der Waals surface area (Å²) >= 11 is 0. The number of carbonyl (C=O) groups excluding carboxylic acids is 1. The van der Waals surface area contributed by atoms with Crippen molar-refractivity contribution in [3.8, 4) is 0 Å². The highest BCUT2D eigenvalue weighted by molar-refractivity contribution is 7.47. The van der Waals surface area contributed by atoms with Crippen molar-refractivity contribution in [3.05, 3.63) is 0 Å². The first-order valence-corrected chi connectivity index (χ1v) is 27.1. The lowest BCUT2D eigenvalue weighted by molar-refractivity contribution is -0.220. The van der Waals surface area contributed by atoms with Gasteiger partial charge in [0.1, 0.15) is 42.7 Å². The molecule has 8 atom stereocenters. The summed E-state index contributed by atoms with van der Waals surface area (Å²) in [6.07, 6.45) is 26.1. The molecule has 1 rings (SSSR count). The monoisotopic (exact) mass is 910 g/mol. The van der Waals surface area contributed by atoms with E-state index in [4.69, 9.17) is 9.05 Å². The van der Waals surface area contributed by atoms with E-state index in [1.54, 1.807) is 0 Å². The van der Waals surface area contributed by atoms with Crippen LogP contribution in [0.2, 0.25) is 0 Å². The number of carbonyl (C=O) groups is 1. The van der Waals surface area contributed by atoms with Crippen LogP contribution in [0.1, 0.15) is 239 Å². The second-order valence-corrected chi connectivity index (χ2v) is 19.9. The minimum atomic E-state index is -5.13. The highest BCUT2D eigenvalue weighted by Gasteiger charge is 2.51. The van der Waals surface area contributed by atoms with Gasteiger partial charge in [0.25, 0.3) is 0 Å². The average molecular weight is 910 g/mol. The SMILES string of the molecule is CCCCCCCCCCCCCCCCCCCCCCC(O)C(=O)NC(COP(=O)(O)OC1C(O)C(O)C(O)C(O)C1O)C(O)CCCCCCCCCCCCCCC. The normalized spacial score (nSPS) is 22.9. The summed E-state index contributed by atoms with van der Waals surface area (Å²) in [5.41, 5.74) is 0. The zero-order chi connectivity index (χ0) is 45.9. The van der Waals surface area contributed by atoms with Gasteiger partial charge in [-0.2, -0.15) is 0 Å². The molecule has 0 aromatic heterocycles. The quantitative estimate of drug-likeness (QED) is 0.0206. The molecular weight excluding hydrogens is 813 g/mol. The van der Waals surface area contributed by atoms with E-state index in [9.17, 15) is 50.0 Å². The van der Waals surface area contributed by atoms with Crippen molar-refractivity contribution in [1.82, 2.24) is 5.32 Å². The topological polar surface area (TPSA) is 226 Å². The molecule has 0 radical (unpaired) electrons. The van der Waals surface area contributed by atoms with Crippen LogP contribution >= 0.6 is 7.82 Å². The number of phosphoric ester groups is 1. The molecule has 0 saturated heterocycles. The van der Waals surface area contributed by atoms with Crippen molar-refractivity contribution in [2.24, 2.45) is 0 Å². The van der Waals surface area contributed by atoms with E-state index in [-0.39, 0.29) is 12.8 Å². The molecule has 62 heavy (non-hydrogen) atoms. The molecule has 0 aliphatic heterocycles. The number of hydrogen-bond donors (Lipinski definition) is 9. The van der Waals surface area contributed by atoms with Crippen molar-refractivity contribution in [1.29, 1.82) is 0 Å². The van der Waals surface area contributed by atoms with E-state index in [2.05, 4.69) is 19.2 Å². The third-order valence-electron chi connectivity index (χ3n) is 12.8. The number of amides is 1. The Kier molecular flexibility index (Phi) is 36.7. The fourth-order valence-corrected chi connectivity index (χ4v) is 9.47. The van der Waals surface area contributed by atoms with Crippen LogP contribution in [0, 0.1) is 0 Å². The van der Waals surface area contributed by atoms with Crippen molar-refractivity contribution in [2.75, 3.05) is 6.61 Å². The Labute approximate surface area is 377 Å². The van der Waals surface area contributed by atoms with Crippen LogP contribution in [0.4, 0.5) is 0 Å². The van der Waals surface area contributed by atoms with Crippen LogP contribution in [0.25, 0.3) is 0 Å². The Hall–Kier alpha value is -0.700. The van der Waals surface area contributed by atoms with Crippen molar-refractivity contribution in [3.63, 3.8) is 0 Å². The largest absolute Gasteiger partial charge is 0.472 e. The first-order chi connectivity index (χ1) is 29.9. The summed E-state index contributed by atoms with van der Waals surface area (Å²) in [7, 11) is -5.13. The van der Waals surface area contributed by atoms with Gasteiger partial charge in [-0.25, -0.2) is 4.57 Å². The number of aliphatic hydroxyl groups is 7. The van der Waals surface area contributed by atoms with Gasteiger partial charge < -0.3 is 46.0 Å². The van der Waals surface area contributed by atoms with E-state index >= 15 is 0 Å². The first kappa shape index (κ1) is 59.3. The molecule has 1 fully saturated rings. The Balaban J connectivity index is 2.43. The molecule has 370 valence electrons. The Morgan fingerprint density at radius 3 is 1.11 bits per heavy atom. The van der Waals surface area contributed by atoms with Crippen LogP contribution in [-0.4, -0.2) is 108 Å². The van der Waals surface area contributed by atoms with Crippen LogP contribution in [0.3, 0.4) is 0 Å². The van der Waals surface area contributed by atoms with E-state index in [0.29, 0.717) is 12.8 Å². The number of nitrogens with one attached hydrogen (secondary N) is 1. The van der Waals surface area contributed by atoms with Crippen LogP contribution in [-0.2, 0) is 18.4 Å². The summed E-state index contributed by atoms with van der Waals surface area (Å²) in [5.74, 6) is -0.743. The maximum Gasteiger partial charge on any atom is 0.472 e. The zero-order valence-electron chi connectivity index (χ0n) is 39.3. The fraction of sp³-hybridized carbons (Fsp3) is 0.979. The lowest BCUT2D eigenvalue weighted by atomic mass is 9.85. The van der Waals surface area contributed by atoms with Crippen molar-refractivity contribution >= 4 is 13.7 Å². The van der Waals surface area contributed by atoms with E-state index in [0.717, 1.165) is 44.9 Å². The standard InChI is InChI=1S/C48H96NO12P/c1-3-5-7-9-11-13-15-17-18-19-20-21-22-23-25-27-29-31-33-35-37-41(51)48(57)49-39(40(50)36-34-32-30-28-26-24-16-14-12-10-8-6-4-2)38-60-62(58,59)61-47-45(55)43(53)42(52)44(54)46(47)56/h39-47,50-56H,3-38H2,1-2H3,(H,49,57)(H,58,59). The van der Waals surface area contributed by atoms with Gasteiger partial charge in [0.2, 0.25) is 5.91 Å². The maximum absolute atomic E-state index is 13.1. The Bertz CT molecular complexity index is 1070. The Morgan fingerprint density at radius 1 is 0.484 bits per heavy atom. The number of phosphoric acid groups is 1. The smallest absolute Gasteiger partial charge is 0.391 e. The molecule has 0 aromatic rings. The van der Waals surface area contributed by atoms with Gasteiger partial charge in [-0.05, 0) is 12.8 Å². The van der Waals surface area contributed by atoms with Gasteiger partial charge in [-0.1, -0.05) is 226 Å². The predicted octanol–water partition coefficient (Wildman–Crippen LogP) is 9.21. The van der Waals surface area contributed by atoms with E-state index < -0.39 is 75.2 Å². The molecule has 8 unspecified atom stereocenters. The molecule has 0 spiro atoms. The maximum atomic E-state index is 13.1. The Morgan fingerprint density at radius 2 is 0.774 bits per heavy atom. The summed E-state index contributed by atoms with van der Waals surface area (Å²) in [6.45, 7) is 3.78. The number of aliphatic hydroxyl groups excluding tert-OH is 7. The molecule has 1 amide bonds.